The van der Waals surface area contributed by atoms with Crippen LogP contribution in [0.15, 0.2) is 12.4 Å². The first kappa shape index (κ1) is 9.85. The van der Waals surface area contributed by atoms with Crippen molar-refractivity contribution in [3.63, 3.8) is 0 Å². The summed E-state index contributed by atoms with van der Waals surface area (Å²) in [6.45, 7) is -0.578. The number of aromatic hydroxyl groups is 1. The van der Waals surface area contributed by atoms with Gasteiger partial charge in [0.1, 0.15) is 12.2 Å². The lowest BCUT2D eigenvalue weighted by atomic mass is 10.2. The van der Waals surface area contributed by atoms with Gasteiger partial charge in [0.25, 0.3) is 0 Å². The molecule has 0 amide bonds. The van der Waals surface area contributed by atoms with Crippen LogP contribution in [0, 0.1) is 0 Å². The molecular weight excluding hydrogens is 176 g/mol. The Morgan fingerprint density at radius 1 is 1.23 bits per heavy atom. The molecule has 0 aliphatic heterocycles. The highest BCUT2D eigenvalue weighted by molar-refractivity contribution is 5.10. The van der Waals surface area contributed by atoms with Crippen molar-refractivity contribution in [2.24, 2.45) is 0 Å². The van der Waals surface area contributed by atoms with E-state index in [-0.39, 0.29) is 11.6 Å². The molecule has 1 heterocycles. The normalized spacial score (nSPS) is 15.3. The fourth-order valence-electron chi connectivity index (χ4n) is 0.756. The summed E-state index contributed by atoms with van der Waals surface area (Å²) in [5.41, 5.74) is 0. The lowest BCUT2D eigenvalue weighted by Crippen LogP contribution is -2.23. The minimum Gasteiger partial charge on any atom is -0.505 e. The Kier molecular flexibility index (Phi) is 3.13. The van der Waals surface area contributed by atoms with E-state index >= 15 is 0 Å². The molecule has 6 nitrogen and oxygen atoms in total. The van der Waals surface area contributed by atoms with Crippen LogP contribution >= 0.6 is 0 Å². The lowest BCUT2D eigenvalue weighted by Gasteiger charge is -2.13. The molecule has 2 atom stereocenters. The van der Waals surface area contributed by atoms with Crippen LogP contribution in [0.1, 0.15) is 11.9 Å². The zero-order chi connectivity index (χ0) is 9.84. The molecule has 0 fully saturated rings. The molecule has 2 unspecified atom stereocenters. The van der Waals surface area contributed by atoms with Gasteiger partial charge in [-0.05, 0) is 0 Å². The Hall–Kier alpha value is -1.24. The number of rotatable bonds is 3. The van der Waals surface area contributed by atoms with Gasteiger partial charge in [-0.1, -0.05) is 0 Å². The molecule has 0 saturated heterocycles. The maximum Gasteiger partial charge on any atom is 0.159 e. The monoisotopic (exact) mass is 186 g/mol. The molecule has 1 rings (SSSR count). The van der Waals surface area contributed by atoms with Crippen LogP contribution in [0.25, 0.3) is 0 Å². The number of aromatic nitrogens is 2. The van der Waals surface area contributed by atoms with Crippen molar-refractivity contribution in [3.8, 4) is 5.75 Å². The second-order valence-corrected chi connectivity index (χ2v) is 2.49. The summed E-state index contributed by atoms with van der Waals surface area (Å²) in [5.74, 6) is -0.172. The fourth-order valence-corrected chi connectivity index (χ4v) is 0.756. The average molecular weight is 186 g/mol. The molecule has 13 heavy (non-hydrogen) atoms. The minimum absolute atomic E-state index is 0.0423. The molecular formula is C7H10N2O4. The summed E-state index contributed by atoms with van der Waals surface area (Å²) >= 11 is 0. The Morgan fingerprint density at radius 2 is 1.77 bits per heavy atom. The summed E-state index contributed by atoms with van der Waals surface area (Å²) in [6.07, 6.45) is -0.471. The number of hydrogen-bond donors (Lipinski definition) is 4. The molecule has 4 N–H and O–H groups in total. The van der Waals surface area contributed by atoms with E-state index in [1.54, 1.807) is 0 Å². The van der Waals surface area contributed by atoms with Gasteiger partial charge >= 0.3 is 0 Å². The van der Waals surface area contributed by atoms with Crippen molar-refractivity contribution in [2.45, 2.75) is 12.2 Å². The first-order valence-electron chi connectivity index (χ1n) is 3.63. The van der Waals surface area contributed by atoms with Gasteiger partial charge in [0.05, 0.1) is 19.0 Å². The third-order valence-electron chi connectivity index (χ3n) is 1.47. The zero-order valence-electron chi connectivity index (χ0n) is 6.70. The van der Waals surface area contributed by atoms with Gasteiger partial charge in [-0.3, -0.25) is 0 Å². The van der Waals surface area contributed by atoms with Crippen molar-refractivity contribution in [1.82, 2.24) is 9.97 Å². The topological polar surface area (TPSA) is 107 Å². The van der Waals surface area contributed by atoms with Crippen LogP contribution < -0.4 is 0 Å². The molecule has 0 aromatic carbocycles. The van der Waals surface area contributed by atoms with Crippen LogP contribution in [0.3, 0.4) is 0 Å². The van der Waals surface area contributed by atoms with Gasteiger partial charge in [0, 0.05) is 0 Å². The largest absolute Gasteiger partial charge is 0.505 e. The van der Waals surface area contributed by atoms with E-state index in [4.69, 9.17) is 15.3 Å². The molecule has 0 saturated carbocycles. The summed E-state index contributed by atoms with van der Waals surface area (Å²) in [5, 5.41) is 35.6. The van der Waals surface area contributed by atoms with Gasteiger partial charge < -0.3 is 20.4 Å². The third kappa shape index (κ3) is 2.35. The predicted molar refractivity (Wildman–Crippen MR) is 41.7 cm³/mol. The van der Waals surface area contributed by atoms with Crippen LogP contribution in [0.5, 0.6) is 5.75 Å². The van der Waals surface area contributed by atoms with E-state index in [2.05, 4.69) is 9.97 Å². The summed E-state index contributed by atoms with van der Waals surface area (Å²) < 4.78 is 0. The minimum atomic E-state index is -1.34. The molecule has 1 aromatic rings. The Morgan fingerprint density at radius 3 is 2.23 bits per heavy atom. The van der Waals surface area contributed by atoms with E-state index in [0.717, 1.165) is 12.4 Å². The second-order valence-electron chi connectivity index (χ2n) is 2.49. The van der Waals surface area contributed by atoms with Crippen molar-refractivity contribution >= 4 is 0 Å². The highest BCUT2D eigenvalue weighted by atomic mass is 16.4. The SMILES string of the molecule is OCC(O)C(O)c1ncc(O)cn1. The number of aliphatic hydroxyl groups is 3. The number of nitrogens with zero attached hydrogens (tertiary/aromatic N) is 2. The molecule has 6 heteroatoms. The lowest BCUT2D eigenvalue weighted by molar-refractivity contribution is -0.0195. The van der Waals surface area contributed by atoms with Crippen molar-refractivity contribution in [2.75, 3.05) is 6.61 Å². The maximum absolute atomic E-state index is 9.26. The van der Waals surface area contributed by atoms with Crippen LogP contribution in [0.4, 0.5) is 0 Å². The van der Waals surface area contributed by atoms with Crippen LogP contribution in [-0.4, -0.2) is 43.1 Å². The molecule has 1 aromatic heterocycles. The van der Waals surface area contributed by atoms with E-state index in [0.29, 0.717) is 0 Å². The first-order valence-corrected chi connectivity index (χ1v) is 3.63. The summed E-state index contributed by atoms with van der Waals surface area (Å²) in [7, 11) is 0. The molecule has 0 bridgehead atoms. The van der Waals surface area contributed by atoms with Gasteiger partial charge in [0.15, 0.2) is 11.6 Å². The van der Waals surface area contributed by atoms with E-state index in [1.807, 2.05) is 0 Å². The third-order valence-corrected chi connectivity index (χ3v) is 1.47. The van der Waals surface area contributed by atoms with Crippen molar-refractivity contribution in [3.05, 3.63) is 18.2 Å². The average Bonchev–Trinajstić information content (AvgIpc) is 2.17. The summed E-state index contributed by atoms with van der Waals surface area (Å²) in [6, 6.07) is 0. The fraction of sp³-hybridized carbons (Fsp3) is 0.429. The Balaban J connectivity index is 2.77. The summed E-state index contributed by atoms with van der Waals surface area (Å²) in [4.78, 5) is 7.13. The van der Waals surface area contributed by atoms with Crippen molar-refractivity contribution < 1.29 is 20.4 Å². The van der Waals surface area contributed by atoms with Crippen LogP contribution in [0.2, 0.25) is 0 Å². The standard InChI is InChI=1S/C7H10N2O4/c10-3-5(12)6(13)7-8-1-4(11)2-9-7/h1-2,5-6,10-13H,3H2. The van der Waals surface area contributed by atoms with E-state index in [9.17, 15) is 5.11 Å². The second kappa shape index (κ2) is 4.13. The molecule has 72 valence electrons. The number of hydrogen-bond acceptors (Lipinski definition) is 6. The van der Waals surface area contributed by atoms with Gasteiger partial charge in [-0.25, -0.2) is 9.97 Å². The highest BCUT2D eigenvalue weighted by Crippen LogP contribution is 2.13. The van der Waals surface area contributed by atoms with Crippen molar-refractivity contribution in [1.29, 1.82) is 0 Å². The molecule has 0 spiro atoms. The Bertz CT molecular complexity index is 264. The molecule has 0 aliphatic carbocycles. The quantitative estimate of drug-likeness (QED) is 0.461. The predicted octanol–water partition coefficient (Wildman–Crippen LogP) is -1.43. The molecule has 0 radical (unpaired) electrons. The Labute approximate surface area is 74.1 Å². The highest BCUT2D eigenvalue weighted by Gasteiger charge is 2.19. The van der Waals surface area contributed by atoms with Gasteiger partial charge in [-0.15, -0.1) is 0 Å². The maximum atomic E-state index is 9.26. The first-order chi connectivity index (χ1) is 6.15. The zero-order valence-corrected chi connectivity index (χ0v) is 6.70. The van der Waals surface area contributed by atoms with E-state index in [1.165, 1.54) is 0 Å². The smallest absolute Gasteiger partial charge is 0.159 e. The van der Waals surface area contributed by atoms with Gasteiger partial charge in [-0.2, -0.15) is 0 Å². The van der Waals surface area contributed by atoms with E-state index < -0.39 is 18.8 Å². The molecule has 0 aliphatic rings. The van der Waals surface area contributed by atoms with Crippen LogP contribution in [-0.2, 0) is 0 Å². The van der Waals surface area contributed by atoms with Gasteiger partial charge in [0.2, 0.25) is 0 Å². The number of aliphatic hydroxyl groups excluding tert-OH is 3.